The van der Waals surface area contributed by atoms with Crippen LogP contribution in [0.5, 0.6) is 5.75 Å². The zero-order valence-electron chi connectivity index (χ0n) is 14.4. The van der Waals surface area contributed by atoms with Gasteiger partial charge in [-0.05, 0) is 31.2 Å². The van der Waals surface area contributed by atoms with E-state index < -0.39 is 0 Å². The van der Waals surface area contributed by atoms with Gasteiger partial charge in [0.1, 0.15) is 5.75 Å². The predicted molar refractivity (Wildman–Crippen MR) is 96.5 cm³/mol. The zero-order valence-corrected chi connectivity index (χ0v) is 15.3. The number of nitrogens with zero attached hydrogens (tertiary/aromatic N) is 2. The van der Waals surface area contributed by atoms with E-state index in [1.807, 2.05) is 28.8 Å². The normalized spacial score (nSPS) is 25.0. The van der Waals surface area contributed by atoms with Crippen molar-refractivity contribution in [1.82, 2.24) is 9.80 Å². The molecule has 5 nitrogen and oxygen atoms in total. The van der Waals surface area contributed by atoms with Crippen molar-refractivity contribution in [1.29, 1.82) is 0 Å². The molecule has 1 aromatic carbocycles. The summed E-state index contributed by atoms with van der Waals surface area (Å²) in [5.41, 5.74) is 1.30. The molecule has 1 aromatic rings. The Balaban J connectivity index is 1.50. The summed E-state index contributed by atoms with van der Waals surface area (Å²) in [6, 6.07) is 8.25. The molecular weight excluding hydrogens is 324 g/mol. The van der Waals surface area contributed by atoms with Crippen LogP contribution in [0, 0.1) is 0 Å². The number of carbonyl (C=O) groups excluding carboxylic acids is 1. The van der Waals surface area contributed by atoms with Crippen LogP contribution in [0.4, 0.5) is 0 Å². The first-order valence-corrected chi connectivity index (χ1v) is 9.53. The van der Waals surface area contributed by atoms with Crippen LogP contribution in [0.1, 0.15) is 12.0 Å². The average molecular weight is 350 g/mol. The van der Waals surface area contributed by atoms with Gasteiger partial charge in [0, 0.05) is 30.6 Å². The number of likely N-dealkylation sites (N-methyl/N-ethyl adjacent to an activating group) is 1. The van der Waals surface area contributed by atoms with Crippen molar-refractivity contribution in [2.45, 2.75) is 23.5 Å². The molecule has 0 bridgehead atoms. The molecule has 2 aliphatic rings. The number of hydrogen-bond donors (Lipinski definition) is 0. The second-order valence-electron chi connectivity index (χ2n) is 6.41. The molecule has 6 heteroatoms. The number of thioether (sulfide) groups is 1. The van der Waals surface area contributed by atoms with Crippen LogP contribution in [0.3, 0.4) is 0 Å². The van der Waals surface area contributed by atoms with Crippen molar-refractivity contribution in [3.63, 3.8) is 0 Å². The highest BCUT2D eigenvalue weighted by Gasteiger charge is 2.37. The summed E-state index contributed by atoms with van der Waals surface area (Å²) in [4.78, 5) is 16.9. The smallest absolute Gasteiger partial charge is 0.240 e. The highest BCUT2D eigenvalue weighted by Crippen LogP contribution is 2.30. The third-order valence-electron chi connectivity index (χ3n) is 4.76. The van der Waals surface area contributed by atoms with E-state index in [0.29, 0.717) is 18.5 Å². The van der Waals surface area contributed by atoms with Gasteiger partial charge < -0.3 is 14.4 Å². The van der Waals surface area contributed by atoms with Crippen LogP contribution in [-0.2, 0) is 15.3 Å². The van der Waals surface area contributed by atoms with E-state index in [0.717, 1.165) is 37.6 Å². The summed E-state index contributed by atoms with van der Waals surface area (Å²) in [5.74, 6) is 2.13. The fourth-order valence-electron chi connectivity index (χ4n) is 3.29. The summed E-state index contributed by atoms with van der Waals surface area (Å²) in [6.45, 7) is 3.76. The van der Waals surface area contributed by atoms with Crippen molar-refractivity contribution >= 4 is 17.7 Å². The van der Waals surface area contributed by atoms with Gasteiger partial charge in [0.2, 0.25) is 5.91 Å². The van der Waals surface area contributed by atoms with E-state index in [-0.39, 0.29) is 11.9 Å². The molecule has 2 saturated heterocycles. The van der Waals surface area contributed by atoms with Gasteiger partial charge in [-0.15, -0.1) is 0 Å². The average Bonchev–Trinajstić information content (AvgIpc) is 3.01. The Morgan fingerprint density at radius 2 is 2.00 bits per heavy atom. The summed E-state index contributed by atoms with van der Waals surface area (Å²) >= 11 is 1.94. The van der Waals surface area contributed by atoms with Gasteiger partial charge in [0.05, 0.1) is 26.4 Å². The number of hydrogen-bond acceptors (Lipinski definition) is 5. The zero-order chi connectivity index (χ0) is 16.9. The quantitative estimate of drug-likeness (QED) is 0.811. The number of carbonyl (C=O) groups is 1. The number of benzene rings is 1. The van der Waals surface area contributed by atoms with Crippen LogP contribution in [0.15, 0.2) is 24.3 Å². The first-order chi connectivity index (χ1) is 11.7. The fraction of sp³-hybridized carbons (Fsp3) is 0.611. The lowest BCUT2D eigenvalue weighted by Gasteiger charge is -2.31. The van der Waals surface area contributed by atoms with Crippen molar-refractivity contribution in [2.24, 2.45) is 0 Å². The van der Waals surface area contributed by atoms with Crippen molar-refractivity contribution in [2.75, 3.05) is 47.0 Å². The Hall–Kier alpha value is -1.24. The SMILES string of the molecule is COc1ccc(CS[C@H]2C[C@@H](C(=O)N3CCOCC3)N(C)C2)cc1. The molecule has 2 atom stereocenters. The van der Waals surface area contributed by atoms with Gasteiger partial charge in [0.25, 0.3) is 0 Å². The molecule has 2 fully saturated rings. The van der Waals surface area contributed by atoms with Crippen molar-refractivity contribution in [3.8, 4) is 5.75 Å². The van der Waals surface area contributed by atoms with E-state index >= 15 is 0 Å². The van der Waals surface area contributed by atoms with E-state index in [2.05, 4.69) is 24.1 Å². The highest BCUT2D eigenvalue weighted by atomic mass is 32.2. The lowest BCUT2D eigenvalue weighted by Crippen LogP contribution is -2.48. The van der Waals surface area contributed by atoms with Gasteiger partial charge in [0.15, 0.2) is 0 Å². The molecule has 0 unspecified atom stereocenters. The Morgan fingerprint density at radius 3 is 2.67 bits per heavy atom. The topological polar surface area (TPSA) is 42.0 Å². The monoisotopic (exact) mass is 350 g/mol. The summed E-state index contributed by atoms with van der Waals surface area (Å²) < 4.78 is 10.5. The summed E-state index contributed by atoms with van der Waals surface area (Å²) in [5, 5.41) is 0.507. The van der Waals surface area contributed by atoms with Gasteiger partial charge in [-0.1, -0.05) is 12.1 Å². The van der Waals surface area contributed by atoms with Gasteiger partial charge in [-0.25, -0.2) is 0 Å². The Kier molecular flexibility index (Phi) is 6.03. The molecule has 1 amide bonds. The van der Waals surface area contributed by atoms with Gasteiger partial charge in [-0.3, -0.25) is 9.69 Å². The lowest BCUT2D eigenvalue weighted by atomic mass is 10.2. The Labute approximate surface area is 148 Å². The molecule has 0 aromatic heterocycles. The number of morpholine rings is 1. The van der Waals surface area contributed by atoms with E-state index in [1.165, 1.54) is 5.56 Å². The van der Waals surface area contributed by atoms with E-state index in [9.17, 15) is 4.79 Å². The molecule has 3 rings (SSSR count). The highest BCUT2D eigenvalue weighted by molar-refractivity contribution is 7.99. The van der Waals surface area contributed by atoms with Crippen molar-refractivity contribution < 1.29 is 14.3 Å². The molecule has 0 aliphatic carbocycles. The Morgan fingerprint density at radius 1 is 1.29 bits per heavy atom. The largest absolute Gasteiger partial charge is 0.497 e. The fourth-order valence-corrected chi connectivity index (χ4v) is 4.57. The van der Waals surface area contributed by atoms with Gasteiger partial charge in [-0.2, -0.15) is 11.8 Å². The molecule has 0 spiro atoms. The molecule has 24 heavy (non-hydrogen) atoms. The van der Waals surface area contributed by atoms with Crippen LogP contribution < -0.4 is 4.74 Å². The third kappa shape index (κ3) is 4.23. The van der Waals surface area contributed by atoms with Crippen LogP contribution in [0.2, 0.25) is 0 Å². The van der Waals surface area contributed by atoms with Gasteiger partial charge >= 0.3 is 0 Å². The number of ether oxygens (including phenoxy) is 2. The summed E-state index contributed by atoms with van der Waals surface area (Å²) in [7, 11) is 3.75. The van der Waals surface area contributed by atoms with Crippen LogP contribution >= 0.6 is 11.8 Å². The van der Waals surface area contributed by atoms with Crippen LogP contribution in [-0.4, -0.2) is 74.0 Å². The maximum atomic E-state index is 12.7. The second-order valence-corrected chi connectivity index (χ2v) is 7.70. The predicted octanol–water partition coefficient (Wildman–Crippen LogP) is 1.86. The minimum absolute atomic E-state index is 0.0245. The number of methoxy groups -OCH3 is 1. The number of likely N-dealkylation sites (tertiary alicyclic amines) is 1. The standard InChI is InChI=1S/C18H26N2O3S/c1-19-12-16(24-13-14-3-5-15(22-2)6-4-14)11-17(19)18(21)20-7-9-23-10-8-20/h3-6,16-17H,7-13H2,1-2H3/t16-,17-/m0/s1. The molecule has 132 valence electrons. The Bertz CT molecular complexity index is 546. The molecule has 0 radical (unpaired) electrons. The molecule has 2 aliphatic heterocycles. The minimum Gasteiger partial charge on any atom is -0.497 e. The number of amides is 1. The molecular formula is C18H26N2O3S. The first-order valence-electron chi connectivity index (χ1n) is 8.48. The second kappa shape index (κ2) is 8.23. The first kappa shape index (κ1) is 17.6. The van der Waals surface area contributed by atoms with E-state index in [1.54, 1.807) is 7.11 Å². The summed E-state index contributed by atoms with van der Waals surface area (Å²) in [6.07, 6.45) is 0.938. The molecule has 0 N–H and O–H groups in total. The molecule has 2 heterocycles. The van der Waals surface area contributed by atoms with Crippen LogP contribution in [0.25, 0.3) is 0 Å². The number of rotatable bonds is 5. The maximum absolute atomic E-state index is 12.7. The van der Waals surface area contributed by atoms with E-state index in [4.69, 9.17) is 9.47 Å². The van der Waals surface area contributed by atoms with Crippen molar-refractivity contribution in [3.05, 3.63) is 29.8 Å². The lowest BCUT2D eigenvalue weighted by molar-refractivity contribution is -0.139. The maximum Gasteiger partial charge on any atom is 0.240 e. The minimum atomic E-state index is 0.0245. The third-order valence-corrected chi connectivity index (χ3v) is 6.08. The molecule has 0 saturated carbocycles.